The molecule has 1 aliphatic rings. The molecule has 3 atom stereocenters. The van der Waals surface area contributed by atoms with Crippen molar-refractivity contribution in [1.82, 2.24) is 4.90 Å². The summed E-state index contributed by atoms with van der Waals surface area (Å²) in [6, 6.07) is 3.79. The van der Waals surface area contributed by atoms with Gasteiger partial charge in [0.1, 0.15) is 11.6 Å². The Bertz CT molecular complexity index is 416. The highest BCUT2D eigenvalue weighted by Gasteiger charge is 2.26. The molecular weight excluding hydrogens is 246 g/mol. The Kier molecular flexibility index (Phi) is 4.53. The predicted molar refractivity (Wildman–Crippen MR) is 72.7 cm³/mol. The van der Waals surface area contributed by atoms with E-state index in [1.54, 1.807) is 0 Å². The van der Waals surface area contributed by atoms with Crippen LogP contribution in [0.4, 0.5) is 8.78 Å². The smallest absolute Gasteiger partial charge is 0.126 e. The summed E-state index contributed by atoms with van der Waals surface area (Å²) < 4.78 is 26.3. The van der Waals surface area contributed by atoms with E-state index in [4.69, 9.17) is 5.73 Å². The maximum atomic E-state index is 13.1. The van der Waals surface area contributed by atoms with Gasteiger partial charge >= 0.3 is 0 Å². The maximum absolute atomic E-state index is 13.1. The van der Waals surface area contributed by atoms with E-state index in [1.807, 2.05) is 0 Å². The van der Waals surface area contributed by atoms with Crippen molar-refractivity contribution in [3.63, 3.8) is 0 Å². The second kappa shape index (κ2) is 5.97. The van der Waals surface area contributed by atoms with Gasteiger partial charge in [-0.3, -0.25) is 0 Å². The molecule has 0 spiro atoms. The molecule has 1 aliphatic heterocycles. The summed E-state index contributed by atoms with van der Waals surface area (Å²) >= 11 is 0. The van der Waals surface area contributed by atoms with Crippen LogP contribution in [0.1, 0.15) is 38.3 Å². The van der Waals surface area contributed by atoms with Crippen LogP contribution in [0.5, 0.6) is 0 Å². The molecule has 2 nitrogen and oxygen atoms in total. The second-order valence-corrected chi connectivity index (χ2v) is 5.78. The number of rotatable bonds is 4. The molecule has 2 rings (SSSR count). The van der Waals surface area contributed by atoms with Gasteiger partial charge in [-0.15, -0.1) is 0 Å². The molecular formula is C15H22F2N2. The molecule has 1 aromatic carbocycles. The molecule has 19 heavy (non-hydrogen) atoms. The number of nitrogens with zero attached hydrogens (tertiary/aromatic N) is 1. The normalized spacial score (nSPS) is 25.7. The summed E-state index contributed by atoms with van der Waals surface area (Å²) in [5, 5.41) is 0. The van der Waals surface area contributed by atoms with Crippen molar-refractivity contribution < 1.29 is 8.78 Å². The van der Waals surface area contributed by atoms with Crippen LogP contribution >= 0.6 is 0 Å². The monoisotopic (exact) mass is 268 g/mol. The first-order valence-electron chi connectivity index (χ1n) is 6.91. The number of hydrogen-bond acceptors (Lipinski definition) is 2. The molecule has 0 aliphatic carbocycles. The van der Waals surface area contributed by atoms with Crippen molar-refractivity contribution in [2.45, 2.75) is 38.8 Å². The molecule has 1 aromatic rings. The first-order chi connectivity index (χ1) is 8.95. The SMILES string of the molecule is CC1CC(C)N(CCC(N)c2cc(F)cc(F)c2)C1. The molecule has 2 N–H and O–H groups in total. The minimum atomic E-state index is -0.561. The highest BCUT2D eigenvalue weighted by molar-refractivity contribution is 5.21. The quantitative estimate of drug-likeness (QED) is 0.909. The third-order valence-corrected chi connectivity index (χ3v) is 3.95. The Morgan fingerprint density at radius 1 is 1.26 bits per heavy atom. The molecule has 0 aromatic heterocycles. The van der Waals surface area contributed by atoms with Crippen LogP contribution in [-0.2, 0) is 0 Å². The lowest BCUT2D eigenvalue weighted by molar-refractivity contribution is 0.254. The van der Waals surface area contributed by atoms with Gasteiger partial charge in [0.2, 0.25) is 0 Å². The number of hydrogen-bond donors (Lipinski definition) is 1. The van der Waals surface area contributed by atoms with E-state index in [1.165, 1.54) is 18.6 Å². The summed E-state index contributed by atoms with van der Waals surface area (Å²) in [6.07, 6.45) is 1.93. The van der Waals surface area contributed by atoms with Gasteiger partial charge in [-0.05, 0) is 43.4 Å². The van der Waals surface area contributed by atoms with Gasteiger partial charge in [-0.25, -0.2) is 8.78 Å². The first kappa shape index (κ1) is 14.4. The zero-order chi connectivity index (χ0) is 14.0. The summed E-state index contributed by atoms with van der Waals surface area (Å²) in [5.41, 5.74) is 6.57. The van der Waals surface area contributed by atoms with Crippen molar-refractivity contribution in [1.29, 1.82) is 0 Å². The minimum Gasteiger partial charge on any atom is -0.324 e. The lowest BCUT2D eigenvalue weighted by Crippen LogP contribution is -2.30. The summed E-state index contributed by atoms with van der Waals surface area (Å²) in [7, 11) is 0. The van der Waals surface area contributed by atoms with E-state index in [0.29, 0.717) is 11.6 Å². The fourth-order valence-corrected chi connectivity index (χ4v) is 2.96. The molecule has 3 unspecified atom stereocenters. The van der Waals surface area contributed by atoms with E-state index >= 15 is 0 Å². The van der Waals surface area contributed by atoms with Crippen molar-refractivity contribution in [2.24, 2.45) is 11.7 Å². The molecule has 0 radical (unpaired) electrons. The topological polar surface area (TPSA) is 29.3 Å². The Morgan fingerprint density at radius 2 is 1.89 bits per heavy atom. The summed E-state index contributed by atoms with van der Waals surface area (Å²) in [5.74, 6) is -0.403. The van der Waals surface area contributed by atoms with Gasteiger partial charge in [-0.1, -0.05) is 6.92 Å². The Morgan fingerprint density at radius 3 is 2.42 bits per heavy atom. The zero-order valence-corrected chi connectivity index (χ0v) is 11.6. The number of benzene rings is 1. The van der Waals surface area contributed by atoms with Crippen LogP contribution in [-0.4, -0.2) is 24.0 Å². The number of nitrogens with two attached hydrogens (primary N) is 1. The van der Waals surface area contributed by atoms with Crippen molar-refractivity contribution in [3.8, 4) is 0 Å². The van der Waals surface area contributed by atoms with Gasteiger partial charge in [-0.2, -0.15) is 0 Å². The number of halogens is 2. The van der Waals surface area contributed by atoms with Gasteiger partial charge < -0.3 is 10.6 Å². The molecule has 106 valence electrons. The van der Waals surface area contributed by atoms with E-state index in [0.717, 1.165) is 31.5 Å². The van der Waals surface area contributed by atoms with Crippen LogP contribution in [0.2, 0.25) is 0 Å². The minimum absolute atomic E-state index is 0.312. The van der Waals surface area contributed by atoms with Crippen LogP contribution in [0, 0.1) is 17.6 Å². The largest absolute Gasteiger partial charge is 0.324 e. The number of likely N-dealkylation sites (tertiary alicyclic amines) is 1. The molecule has 0 amide bonds. The van der Waals surface area contributed by atoms with E-state index in [-0.39, 0.29) is 6.04 Å². The lowest BCUT2D eigenvalue weighted by Gasteiger charge is -2.23. The average molecular weight is 268 g/mol. The average Bonchev–Trinajstić information content (AvgIpc) is 2.63. The predicted octanol–water partition coefficient (Wildman–Crippen LogP) is 3.09. The molecule has 0 saturated carbocycles. The molecule has 1 heterocycles. The molecule has 1 fully saturated rings. The van der Waals surface area contributed by atoms with Gasteiger partial charge in [0.25, 0.3) is 0 Å². The fraction of sp³-hybridized carbons (Fsp3) is 0.600. The first-order valence-corrected chi connectivity index (χ1v) is 6.91. The van der Waals surface area contributed by atoms with Crippen LogP contribution < -0.4 is 5.73 Å². The van der Waals surface area contributed by atoms with E-state index in [9.17, 15) is 8.78 Å². The fourth-order valence-electron chi connectivity index (χ4n) is 2.96. The lowest BCUT2D eigenvalue weighted by atomic mass is 10.0. The maximum Gasteiger partial charge on any atom is 0.126 e. The van der Waals surface area contributed by atoms with Crippen molar-refractivity contribution in [3.05, 3.63) is 35.4 Å². The molecule has 4 heteroatoms. The molecule has 0 bridgehead atoms. The molecule has 1 saturated heterocycles. The third kappa shape index (κ3) is 3.74. The summed E-state index contributed by atoms with van der Waals surface area (Å²) in [4.78, 5) is 2.40. The van der Waals surface area contributed by atoms with E-state index in [2.05, 4.69) is 18.7 Å². The van der Waals surface area contributed by atoms with Gasteiger partial charge in [0, 0.05) is 31.2 Å². The Balaban J connectivity index is 1.92. The van der Waals surface area contributed by atoms with Crippen molar-refractivity contribution >= 4 is 0 Å². The standard InChI is InChI=1S/C15H22F2N2/c1-10-5-11(2)19(9-10)4-3-15(18)12-6-13(16)8-14(17)7-12/h6-8,10-11,15H,3-5,9,18H2,1-2H3. The van der Waals surface area contributed by atoms with Crippen molar-refractivity contribution in [2.75, 3.05) is 13.1 Å². The van der Waals surface area contributed by atoms with Gasteiger partial charge in [0.15, 0.2) is 0 Å². The highest BCUT2D eigenvalue weighted by atomic mass is 19.1. The Hall–Kier alpha value is -1.00. The zero-order valence-electron chi connectivity index (χ0n) is 11.6. The third-order valence-electron chi connectivity index (χ3n) is 3.95. The Labute approximate surface area is 113 Å². The second-order valence-electron chi connectivity index (χ2n) is 5.78. The highest BCUT2D eigenvalue weighted by Crippen LogP contribution is 2.24. The van der Waals surface area contributed by atoms with Crippen LogP contribution in [0.25, 0.3) is 0 Å². The van der Waals surface area contributed by atoms with Crippen LogP contribution in [0.3, 0.4) is 0 Å². The van der Waals surface area contributed by atoms with Gasteiger partial charge in [0.05, 0.1) is 0 Å². The van der Waals surface area contributed by atoms with Crippen LogP contribution in [0.15, 0.2) is 18.2 Å². The summed E-state index contributed by atoms with van der Waals surface area (Å²) in [6.45, 7) is 6.44. The van der Waals surface area contributed by atoms with E-state index < -0.39 is 11.6 Å².